The Balaban J connectivity index is 1.46. The number of ketones is 1. The number of aliphatic hydroxyl groups is 1. The average molecular weight is 496 g/mol. The molecule has 0 aliphatic carbocycles. The van der Waals surface area contributed by atoms with Gasteiger partial charge in [-0.1, -0.05) is 36.4 Å². The molecule has 3 aromatic carbocycles. The topological polar surface area (TPSA) is 142 Å². The van der Waals surface area contributed by atoms with Gasteiger partial charge in [-0.15, -0.1) is 0 Å². The standard InChI is InChI=1S/C28H33NO7/c29-18-36-26-15-20(8-11-24(26)32)6-9-22(30)17-23(31)10-7-21-14-25(33)28(34)27(16-21)35-13-12-19-4-2-1-3-5-19/h1-5,8,11,14-16,23,31-34H,6-7,9-10,12-13,17-18,29H2. The summed E-state index contributed by atoms with van der Waals surface area (Å²) in [6, 6.07) is 17.7. The Labute approximate surface area is 210 Å². The number of phenolic OH excluding ortho intramolecular Hbond substituents is 3. The maximum atomic E-state index is 12.4. The fourth-order valence-corrected chi connectivity index (χ4v) is 3.83. The summed E-state index contributed by atoms with van der Waals surface area (Å²) in [4.78, 5) is 12.4. The zero-order valence-corrected chi connectivity index (χ0v) is 20.1. The third kappa shape index (κ3) is 8.18. The average Bonchev–Trinajstić information content (AvgIpc) is 2.86. The van der Waals surface area contributed by atoms with Crippen LogP contribution in [0.1, 0.15) is 36.0 Å². The van der Waals surface area contributed by atoms with Gasteiger partial charge in [0.1, 0.15) is 12.5 Å². The fraction of sp³-hybridized carbons (Fsp3) is 0.321. The molecule has 3 aromatic rings. The van der Waals surface area contributed by atoms with E-state index in [0.717, 1.165) is 11.1 Å². The zero-order chi connectivity index (χ0) is 25.9. The van der Waals surface area contributed by atoms with Crippen LogP contribution < -0.4 is 15.2 Å². The lowest BCUT2D eigenvalue weighted by Gasteiger charge is -2.13. The summed E-state index contributed by atoms with van der Waals surface area (Å²) < 4.78 is 10.8. The van der Waals surface area contributed by atoms with Crippen LogP contribution in [0.5, 0.6) is 28.7 Å². The number of aliphatic hydroxyl groups excluding tert-OH is 1. The van der Waals surface area contributed by atoms with Crippen molar-refractivity contribution in [3.8, 4) is 28.7 Å². The van der Waals surface area contributed by atoms with Gasteiger partial charge in [0, 0.05) is 19.3 Å². The molecule has 192 valence electrons. The third-order valence-electron chi connectivity index (χ3n) is 5.79. The summed E-state index contributed by atoms with van der Waals surface area (Å²) in [6.07, 6.45) is 1.21. The van der Waals surface area contributed by atoms with Crippen LogP contribution in [0, 0.1) is 0 Å². The van der Waals surface area contributed by atoms with Crippen LogP contribution in [-0.4, -0.2) is 45.7 Å². The van der Waals surface area contributed by atoms with E-state index in [1.54, 1.807) is 18.2 Å². The van der Waals surface area contributed by atoms with Crippen LogP contribution >= 0.6 is 0 Å². The molecular weight excluding hydrogens is 462 g/mol. The van der Waals surface area contributed by atoms with E-state index in [2.05, 4.69) is 0 Å². The second-order valence-corrected chi connectivity index (χ2v) is 8.59. The number of nitrogens with two attached hydrogens (primary N) is 1. The van der Waals surface area contributed by atoms with Crippen molar-refractivity contribution in [2.45, 2.75) is 44.6 Å². The molecule has 8 nitrogen and oxygen atoms in total. The number of Topliss-reactive ketones (excluding diaryl/α,β-unsaturated/α-hetero) is 1. The monoisotopic (exact) mass is 495 g/mol. The number of phenols is 3. The molecule has 1 atom stereocenters. The Hall–Kier alpha value is -3.75. The maximum Gasteiger partial charge on any atom is 0.200 e. The predicted molar refractivity (Wildman–Crippen MR) is 135 cm³/mol. The number of hydrogen-bond acceptors (Lipinski definition) is 8. The van der Waals surface area contributed by atoms with Gasteiger partial charge in [0.05, 0.1) is 12.7 Å². The molecule has 0 saturated carbocycles. The number of carbonyl (C=O) groups excluding carboxylic acids is 1. The molecule has 0 aliphatic rings. The van der Waals surface area contributed by atoms with Crippen LogP contribution in [0.25, 0.3) is 0 Å². The van der Waals surface area contributed by atoms with Gasteiger partial charge in [-0.2, -0.15) is 0 Å². The number of ether oxygens (including phenoxy) is 2. The highest BCUT2D eigenvalue weighted by Gasteiger charge is 2.15. The largest absolute Gasteiger partial charge is 0.504 e. The van der Waals surface area contributed by atoms with Crippen molar-refractivity contribution < 1.29 is 34.7 Å². The molecule has 0 bridgehead atoms. The highest BCUT2D eigenvalue weighted by atomic mass is 16.5. The van der Waals surface area contributed by atoms with E-state index >= 15 is 0 Å². The van der Waals surface area contributed by atoms with Crippen molar-refractivity contribution in [2.75, 3.05) is 13.3 Å². The Bertz CT molecular complexity index is 1130. The molecule has 0 saturated heterocycles. The first-order valence-corrected chi connectivity index (χ1v) is 11.9. The second kappa shape index (κ2) is 13.4. The molecule has 0 fully saturated rings. The number of aryl methyl sites for hydroxylation is 2. The molecule has 0 aliphatic heterocycles. The summed E-state index contributed by atoms with van der Waals surface area (Å²) in [7, 11) is 0. The molecule has 3 rings (SSSR count). The zero-order valence-electron chi connectivity index (χ0n) is 20.1. The second-order valence-electron chi connectivity index (χ2n) is 8.59. The fourth-order valence-electron chi connectivity index (χ4n) is 3.83. The first-order chi connectivity index (χ1) is 17.4. The van der Waals surface area contributed by atoms with Crippen LogP contribution in [0.2, 0.25) is 0 Å². The Kier molecular flexibility index (Phi) is 9.97. The highest BCUT2D eigenvalue weighted by Crippen LogP contribution is 2.37. The molecule has 8 heteroatoms. The molecular formula is C28H33NO7. The van der Waals surface area contributed by atoms with Gasteiger partial charge in [0.25, 0.3) is 0 Å². The van der Waals surface area contributed by atoms with Crippen molar-refractivity contribution in [1.29, 1.82) is 0 Å². The van der Waals surface area contributed by atoms with Gasteiger partial charge in [-0.3, -0.25) is 10.5 Å². The summed E-state index contributed by atoms with van der Waals surface area (Å²) in [5.41, 5.74) is 7.94. The molecule has 0 heterocycles. The van der Waals surface area contributed by atoms with Crippen LogP contribution in [0.4, 0.5) is 0 Å². The number of benzene rings is 3. The van der Waals surface area contributed by atoms with Crippen LogP contribution in [0.15, 0.2) is 60.7 Å². The summed E-state index contributed by atoms with van der Waals surface area (Å²) >= 11 is 0. The summed E-state index contributed by atoms with van der Waals surface area (Å²) in [5, 5.41) is 40.3. The number of aromatic hydroxyl groups is 3. The summed E-state index contributed by atoms with van der Waals surface area (Å²) in [6.45, 7) is 0.265. The van der Waals surface area contributed by atoms with Gasteiger partial charge >= 0.3 is 0 Å². The van der Waals surface area contributed by atoms with Crippen molar-refractivity contribution >= 4 is 5.78 Å². The van der Waals surface area contributed by atoms with E-state index in [9.17, 15) is 25.2 Å². The van der Waals surface area contributed by atoms with E-state index in [1.807, 2.05) is 30.3 Å². The highest BCUT2D eigenvalue weighted by molar-refractivity contribution is 5.79. The van der Waals surface area contributed by atoms with Gasteiger partial charge in [0.15, 0.2) is 23.0 Å². The molecule has 6 N–H and O–H groups in total. The SMILES string of the molecule is NCOc1cc(CCC(=O)CC(O)CCc2cc(O)c(O)c(OCCc3ccccc3)c2)ccc1O. The van der Waals surface area contributed by atoms with Crippen molar-refractivity contribution in [1.82, 2.24) is 0 Å². The normalized spacial score (nSPS) is 11.7. The van der Waals surface area contributed by atoms with Crippen molar-refractivity contribution in [3.63, 3.8) is 0 Å². The lowest BCUT2D eigenvalue weighted by Crippen LogP contribution is -2.15. The number of rotatable bonds is 14. The first-order valence-electron chi connectivity index (χ1n) is 11.9. The predicted octanol–water partition coefficient (Wildman–Crippen LogP) is 3.61. The minimum Gasteiger partial charge on any atom is -0.504 e. The quantitative estimate of drug-likeness (QED) is 0.169. The number of hydrogen-bond donors (Lipinski definition) is 5. The Morgan fingerprint density at radius 2 is 1.56 bits per heavy atom. The molecule has 0 amide bonds. The molecule has 36 heavy (non-hydrogen) atoms. The lowest BCUT2D eigenvalue weighted by atomic mass is 9.99. The van der Waals surface area contributed by atoms with Gasteiger partial charge in [0.2, 0.25) is 5.75 Å². The Morgan fingerprint density at radius 3 is 2.31 bits per heavy atom. The number of carbonyl (C=O) groups is 1. The smallest absolute Gasteiger partial charge is 0.200 e. The van der Waals surface area contributed by atoms with Crippen LogP contribution in [-0.2, 0) is 24.1 Å². The maximum absolute atomic E-state index is 12.4. The van der Waals surface area contributed by atoms with E-state index in [1.165, 1.54) is 12.1 Å². The molecule has 1 unspecified atom stereocenters. The minimum atomic E-state index is -0.841. The van der Waals surface area contributed by atoms with E-state index < -0.39 is 6.10 Å². The lowest BCUT2D eigenvalue weighted by molar-refractivity contribution is -0.121. The summed E-state index contributed by atoms with van der Waals surface area (Å²) in [5.74, 6) is -0.274. The van der Waals surface area contributed by atoms with Gasteiger partial charge in [-0.05, 0) is 60.2 Å². The van der Waals surface area contributed by atoms with Crippen LogP contribution in [0.3, 0.4) is 0 Å². The van der Waals surface area contributed by atoms with Gasteiger partial charge < -0.3 is 29.9 Å². The molecule has 0 spiro atoms. The third-order valence-corrected chi connectivity index (χ3v) is 5.79. The van der Waals surface area contributed by atoms with E-state index in [4.69, 9.17) is 15.2 Å². The van der Waals surface area contributed by atoms with Gasteiger partial charge in [-0.25, -0.2) is 0 Å². The van der Waals surface area contributed by atoms with Crippen molar-refractivity contribution in [2.24, 2.45) is 5.73 Å². The van der Waals surface area contributed by atoms with Crippen molar-refractivity contribution in [3.05, 3.63) is 77.4 Å². The van der Waals surface area contributed by atoms with E-state index in [-0.39, 0.29) is 54.1 Å². The molecule has 0 radical (unpaired) electrons. The first kappa shape index (κ1) is 26.8. The van der Waals surface area contributed by atoms with E-state index in [0.29, 0.717) is 37.9 Å². The Morgan fingerprint density at radius 1 is 0.806 bits per heavy atom. The minimum absolute atomic E-state index is 0.00867. The molecule has 0 aromatic heterocycles.